The summed E-state index contributed by atoms with van der Waals surface area (Å²) >= 11 is 1.40. The highest BCUT2D eigenvalue weighted by molar-refractivity contribution is 7.15. The zero-order valence-electron chi connectivity index (χ0n) is 18.7. The SMILES string of the molecule is Cc1ccc(Cc2cnc(NC(=O)/C(C#N)=C/c3ccc(OCc4ccccc4)cc3)s2)cc1. The summed E-state index contributed by atoms with van der Waals surface area (Å²) < 4.78 is 5.78. The van der Waals surface area contributed by atoms with E-state index in [1.54, 1.807) is 12.3 Å². The number of aryl methyl sites for hydroxylation is 1. The standard InChI is InChI=1S/C28H23N3O2S/c1-20-7-9-22(10-8-20)16-26-18-30-28(34-26)31-27(32)24(17-29)15-21-11-13-25(14-12-21)33-19-23-5-3-2-4-6-23/h2-15,18H,16,19H2,1H3,(H,30,31,32)/b24-15+. The quantitative estimate of drug-likeness (QED) is 0.250. The Bertz CT molecular complexity index is 1320. The van der Waals surface area contributed by atoms with Crippen molar-refractivity contribution in [3.8, 4) is 11.8 Å². The van der Waals surface area contributed by atoms with Crippen LogP contribution >= 0.6 is 11.3 Å². The fourth-order valence-electron chi connectivity index (χ4n) is 3.24. The number of nitriles is 1. The van der Waals surface area contributed by atoms with Crippen molar-refractivity contribution in [2.24, 2.45) is 0 Å². The second-order valence-electron chi connectivity index (χ2n) is 7.76. The minimum atomic E-state index is -0.483. The van der Waals surface area contributed by atoms with Crippen LogP contribution in [0.2, 0.25) is 0 Å². The molecular weight excluding hydrogens is 442 g/mol. The number of hydrogen-bond acceptors (Lipinski definition) is 5. The topological polar surface area (TPSA) is 75.0 Å². The summed E-state index contributed by atoms with van der Waals surface area (Å²) in [6.07, 6.45) is 4.05. The summed E-state index contributed by atoms with van der Waals surface area (Å²) in [6, 6.07) is 27.5. The third kappa shape index (κ3) is 6.41. The van der Waals surface area contributed by atoms with E-state index >= 15 is 0 Å². The molecule has 1 heterocycles. The molecule has 3 aromatic carbocycles. The first-order valence-electron chi connectivity index (χ1n) is 10.8. The van der Waals surface area contributed by atoms with Gasteiger partial charge < -0.3 is 4.74 Å². The Hall–Kier alpha value is -4.21. The third-order valence-electron chi connectivity index (χ3n) is 5.08. The van der Waals surface area contributed by atoms with Gasteiger partial charge in [0.1, 0.15) is 24.0 Å². The maximum atomic E-state index is 12.6. The van der Waals surface area contributed by atoms with Gasteiger partial charge >= 0.3 is 0 Å². The lowest BCUT2D eigenvalue weighted by atomic mass is 10.1. The molecule has 0 saturated carbocycles. The number of amides is 1. The minimum Gasteiger partial charge on any atom is -0.489 e. The van der Waals surface area contributed by atoms with Crippen LogP contribution in [0, 0.1) is 18.3 Å². The Labute approximate surface area is 203 Å². The fraction of sp³-hybridized carbons (Fsp3) is 0.107. The lowest BCUT2D eigenvalue weighted by molar-refractivity contribution is -0.112. The Morgan fingerprint density at radius 3 is 2.47 bits per heavy atom. The van der Waals surface area contributed by atoms with E-state index in [9.17, 15) is 10.1 Å². The molecule has 34 heavy (non-hydrogen) atoms. The van der Waals surface area contributed by atoms with Crippen LogP contribution in [0.5, 0.6) is 5.75 Å². The van der Waals surface area contributed by atoms with Gasteiger partial charge in [0.25, 0.3) is 5.91 Å². The van der Waals surface area contributed by atoms with E-state index in [-0.39, 0.29) is 5.57 Å². The molecule has 1 amide bonds. The molecule has 168 valence electrons. The first-order valence-corrected chi connectivity index (χ1v) is 11.6. The summed E-state index contributed by atoms with van der Waals surface area (Å²) in [7, 11) is 0. The molecule has 0 fully saturated rings. The number of carbonyl (C=O) groups is 1. The Morgan fingerprint density at radius 1 is 1.03 bits per heavy atom. The molecule has 0 spiro atoms. The van der Waals surface area contributed by atoms with E-state index in [1.165, 1.54) is 22.5 Å². The van der Waals surface area contributed by atoms with Crippen molar-refractivity contribution in [2.75, 3.05) is 5.32 Å². The smallest absolute Gasteiger partial charge is 0.268 e. The van der Waals surface area contributed by atoms with Crippen LogP contribution in [0.3, 0.4) is 0 Å². The zero-order valence-corrected chi connectivity index (χ0v) is 19.5. The van der Waals surface area contributed by atoms with Gasteiger partial charge in [-0.3, -0.25) is 10.1 Å². The number of ether oxygens (including phenoxy) is 1. The number of benzene rings is 3. The molecule has 1 aromatic heterocycles. The van der Waals surface area contributed by atoms with E-state index in [0.717, 1.165) is 22.4 Å². The van der Waals surface area contributed by atoms with E-state index in [4.69, 9.17) is 4.74 Å². The van der Waals surface area contributed by atoms with Gasteiger partial charge in [0.2, 0.25) is 0 Å². The van der Waals surface area contributed by atoms with Crippen molar-refractivity contribution < 1.29 is 9.53 Å². The maximum Gasteiger partial charge on any atom is 0.268 e. The molecule has 0 saturated heterocycles. The molecule has 0 aliphatic carbocycles. The number of aromatic nitrogens is 1. The molecule has 0 radical (unpaired) electrons. The van der Waals surface area contributed by atoms with Crippen LogP contribution in [0.1, 0.15) is 27.1 Å². The monoisotopic (exact) mass is 465 g/mol. The van der Waals surface area contributed by atoms with E-state index in [1.807, 2.05) is 60.7 Å². The number of rotatable bonds is 8. The van der Waals surface area contributed by atoms with Crippen LogP contribution in [-0.4, -0.2) is 10.9 Å². The molecule has 0 aliphatic rings. The molecule has 1 N–H and O–H groups in total. The first kappa shape index (κ1) is 23.0. The van der Waals surface area contributed by atoms with Gasteiger partial charge in [-0.1, -0.05) is 72.3 Å². The lowest BCUT2D eigenvalue weighted by Gasteiger charge is -2.06. The second-order valence-corrected chi connectivity index (χ2v) is 8.88. The van der Waals surface area contributed by atoms with Crippen LogP contribution < -0.4 is 10.1 Å². The van der Waals surface area contributed by atoms with Crippen molar-refractivity contribution in [3.63, 3.8) is 0 Å². The molecular formula is C28H23N3O2S. The van der Waals surface area contributed by atoms with E-state index in [2.05, 4.69) is 41.5 Å². The van der Waals surface area contributed by atoms with Crippen molar-refractivity contribution in [2.45, 2.75) is 20.0 Å². The molecule has 6 heteroatoms. The van der Waals surface area contributed by atoms with Crippen molar-refractivity contribution >= 4 is 28.5 Å². The van der Waals surface area contributed by atoms with Gasteiger partial charge in [0.05, 0.1) is 0 Å². The number of carbonyl (C=O) groups excluding carboxylic acids is 1. The number of thiazole rings is 1. The number of nitrogens with zero attached hydrogens (tertiary/aromatic N) is 2. The number of anilines is 1. The van der Waals surface area contributed by atoms with Crippen LogP contribution in [0.4, 0.5) is 5.13 Å². The fourth-order valence-corrected chi connectivity index (χ4v) is 4.08. The van der Waals surface area contributed by atoms with Crippen molar-refractivity contribution in [1.82, 2.24) is 4.98 Å². The average Bonchev–Trinajstić information content (AvgIpc) is 3.30. The van der Waals surface area contributed by atoms with Gasteiger partial charge in [-0.15, -0.1) is 11.3 Å². The molecule has 5 nitrogen and oxygen atoms in total. The highest BCUT2D eigenvalue weighted by Gasteiger charge is 2.12. The molecule has 0 aliphatic heterocycles. The summed E-state index contributed by atoms with van der Waals surface area (Å²) in [6.45, 7) is 2.53. The van der Waals surface area contributed by atoms with Gasteiger partial charge in [-0.05, 0) is 41.8 Å². The predicted molar refractivity (Wildman–Crippen MR) is 136 cm³/mol. The predicted octanol–water partition coefficient (Wildman–Crippen LogP) is 6.17. The Balaban J connectivity index is 1.35. The maximum absolute atomic E-state index is 12.6. The summed E-state index contributed by atoms with van der Waals surface area (Å²) in [5, 5.41) is 12.7. The van der Waals surface area contributed by atoms with Crippen LogP contribution in [-0.2, 0) is 17.8 Å². The number of hydrogen-bond donors (Lipinski definition) is 1. The zero-order chi connectivity index (χ0) is 23.8. The molecule has 4 rings (SSSR count). The average molecular weight is 466 g/mol. The summed E-state index contributed by atoms with van der Waals surface area (Å²) in [5.41, 5.74) is 4.22. The third-order valence-corrected chi connectivity index (χ3v) is 5.99. The second kappa shape index (κ2) is 11.1. The molecule has 0 unspecified atom stereocenters. The molecule has 4 aromatic rings. The highest BCUT2D eigenvalue weighted by Crippen LogP contribution is 2.22. The van der Waals surface area contributed by atoms with Gasteiger partial charge in [0.15, 0.2) is 5.13 Å². The Morgan fingerprint density at radius 2 is 1.76 bits per heavy atom. The minimum absolute atomic E-state index is 0.00763. The summed E-state index contributed by atoms with van der Waals surface area (Å²) in [5.74, 6) is 0.232. The summed E-state index contributed by atoms with van der Waals surface area (Å²) in [4.78, 5) is 17.9. The largest absolute Gasteiger partial charge is 0.489 e. The van der Waals surface area contributed by atoms with Gasteiger partial charge in [0, 0.05) is 17.5 Å². The van der Waals surface area contributed by atoms with E-state index < -0.39 is 5.91 Å². The Kier molecular flexibility index (Phi) is 7.49. The van der Waals surface area contributed by atoms with E-state index in [0.29, 0.717) is 17.5 Å². The van der Waals surface area contributed by atoms with Gasteiger partial charge in [-0.25, -0.2) is 4.98 Å². The molecule has 0 atom stereocenters. The van der Waals surface area contributed by atoms with Crippen LogP contribution in [0.15, 0.2) is 90.6 Å². The van der Waals surface area contributed by atoms with Crippen molar-refractivity contribution in [3.05, 3.63) is 118 Å². The lowest BCUT2D eigenvalue weighted by Crippen LogP contribution is -2.13. The van der Waals surface area contributed by atoms with Gasteiger partial charge in [-0.2, -0.15) is 5.26 Å². The first-order chi connectivity index (χ1) is 16.6. The molecule has 0 bridgehead atoms. The van der Waals surface area contributed by atoms with Crippen LogP contribution in [0.25, 0.3) is 6.08 Å². The highest BCUT2D eigenvalue weighted by atomic mass is 32.1. The van der Waals surface area contributed by atoms with Crippen molar-refractivity contribution in [1.29, 1.82) is 5.26 Å². The normalized spacial score (nSPS) is 11.0. The number of nitrogens with one attached hydrogen (secondary N) is 1.